The average molecular weight is 378 g/mol. The maximum atomic E-state index is 12.6. The normalized spacial score (nSPS) is 11.0. The number of rotatable bonds is 2. The van der Waals surface area contributed by atoms with Gasteiger partial charge in [0.1, 0.15) is 17.0 Å². The second-order valence-corrected chi connectivity index (χ2v) is 5.13. The zero-order valence-electron chi connectivity index (χ0n) is 10.0. The number of aromatic nitrogens is 2. The Morgan fingerprint density at radius 2 is 1.95 bits per heavy atom. The second-order valence-electron chi connectivity index (χ2n) is 3.82. The molecule has 9 heteroatoms. The third-order valence-corrected chi connectivity index (χ3v) is 3.00. The first-order chi connectivity index (χ1) is 9.79. The van der Waals surface area contributed by atoms with Crippen LogP contribution in [0.25, 0.3) is 0 Å². The van der Waals surface area contributed by atoms with Gasteiger partial charge in [-0.05, 0) is 18.2 Å². The molecule has 2 rings (SSSR count). The Kier molecular flexibility index (Phi) is 4.34. The summed E-state index contributed by atoms with van der Waals surface area (Å²) in [7, 11) is 0. The van der Waals surface area contributed by atoms with Gasteiger partial charge in [0, 0.05) is 10.5 Å². The van der Waals surface area contributed by atoms with E-state index in [0.717, 1.165) is 6.07 Å². The van der Waals surface area contributed by atoms with Crippen LogP contribution in [0.5, 0.6) is 0 Å². The number of nitriles is 1. The molecule has 0 radical (unpaired) electrons. The lowest BCUT2D eigenvalue weighted by molar-refractivity contribution is -0.144. The van der Waals surface area contributed by atoms with Crippen molar-refractivity contribution in [2.24, 2.45) is 0 Å². The molecule has 1 aromatic heterocycles. The van der Waals surface area contributed by atoms with E-state index < -0.39 is 12.0 Å². The Morgan fingerprint density at radius 1 is 1.24 bits per heavy atom. The molecule has 0 saturated carbocycles. The van der Waals surface area contributed by atoms with Crippen LogP contribution in [0.2, 0.25) is 5.15 Å². The minimum Gasteiger partial charge on any atom is -0.339 e. The van der Waals surface area contributed by atoms with E-state index in [2.05, 4.69) is 31.2 Å². The van der Waals surface area contributed by atoms with Crippen LogP contribution in [0.3, 0.4) is 0 Å². The van der Waals surface area contributed by atoms with E-state index in [0.29, 0.717) is 10.2 Å². The maximum Gasteiger partial charge on any atom is 0.451 e. The molecule has 0 fully saturated rings. The molecule has 21 heavy (non-hydrogen) atoms. The highest BCUT2D eigenvalue weighted by atomic mass is 79.9. The Hall–Kier alpha value is -1.85. The quantitative estimate of drug-likeness (QED) is 0.781. The summed E-state index contributed by atoms with van der Waals surface area (Å²) in [5, 5.41) is 11.3. The van der Waals surface area contributed by atoms with Crippen molar-refractivity contribution in [1.29, 1.82) is 5.26 Å². The van der Waals surface area contributed by atoms with Crippen molar-refractivity contribution in [3.63, 3.8) is 0 Å². The molecule has 108 valence electrons. The molecule has 1 N–H and O–H groups in total. The molecular formula is C12H5BrClF3N4. The van der Waals surface area contributed by atoms with Crippen molar-refractivity contribution in [2.75, 3.05) is 5.32 Å². The van der Waals surface area contributed by atoms with Gasteiger partial charge in [-0.25, -0.2) is 9.97 Å². The third-order valence-electron chi connectivity index (χ3n) is 2.31. The van der Waals surface area contributed by atoms with Crippen molar-refractivity contribution in [1.82, 2.24) is 9.97 Å². The van der Waals surface area contributed by atoms with Crippen LogP contribution in [-0.2, 0) is 6.18 Å². The van der Waals surface area contributed by atoms with E-state index in [1.54, 1.807) is 12.1 Å². The van der Waals surface area contributed by atoms with E-state index >= 15 is 0 Å². The van der Waals surface area contributed by atoms with Crippen LogP contribution in [-0.4, -0.2) is 9.97 Å². The molecule has 0 saturated heterocycles. The Morgan fingerprint density at radius 3 is 2.57 bits per heavy atom. The first-order valence-electron chi connectivity index (χ1n) is 5.38. The van der Waals surface area contributed by atoms with Crippen molar-refractivity contribution in [3.05, 3.63) is 45.3 Å². The number of benzene rings is 1. The molecule has 4 nitrogen and oxygen atoms in total. The van der Waals surface area contributed by atoms with Crippen molar-refractivity contribution in [3.8, 4) is 6.07 Å². The van der Waals surface area contributed by atoms with E-state index in [-0.39, 0.29) is 16.5 Å². The number of alkyl halides is 3. The van der Waals surface area contributed by atoms with Crippen LogP contribution in [0.15, 0.2) is 28.7 Å². The van der Waals surface area contributed by atoms with Crippen LogP contribution in [0, 0.1) is 11.3 Å². The van der Waals surface area contributed by atoms with Crippen molar-refractivity contribution < 1.29 is 13.2 Å². The van der Waals surface area contributed by atoms with Gasteiger partial charge in [-0.2, -0.15) is 18.4 Å². The predicted octanol–water partition coefficient (Wildman–Crippen LogP) is 4.53. The lowest BCUT2D eigenvalue weighted by atomic mass is 10.2. The zero-order chi connectivity index (χ0) is 15.6. The van der Waals surface area contributed by atoms with Crippen LogP contribution >= 0.6 is 27.5 Å². The summed E-state index contributed by atoms with van der Waals surface area (Å²) in [6.45, 7) is 0. The van der Waals surface area contributed by atoms with Crippen molar-refractivity contribution >= 4 is 39.0 Å². The molecule has 0 aliphatic carbocycles. The van der Waals surface area contributed by atoms with Gasteiger partial charge in [0.25, 0.3) is 0 Å². The maximum absolute atomic E-state index is 12.6. The first-order valence-corrected chi connectivity index (χ1v) is 6.55. The fourth-order valence-corrected chi connectivity index (χ4v) is 2.01. The van der Waals surface area contributed by atoms with E-state index in [4.69, 9.17) is 16.9 Å². The topological polar surface area (TPSA) is 61.6 Å². The number of halogens is 5. The van der Waals surface area contributed by atoms with Crippen LogP contribution in [0.1, 0.15) is 11.4 Å². The molecule has 0 atom stereocenters. The lowest BCUT2D eigenvalue weighted by Gasteiger charge is -2.11. The Labute approximate surface area is 130 Å². The van der Waals surface area contributed by atoms with Gasteiger partial charge in [0.2, 0.25) is 5.82 Å². The zero-order valence-corrected chi connectivity index (χ0v) is 12.4. The Balaban J connectivity index is 2.43. The summed E-state index contributed by atoms with van der Waals surface area (Å²) in [5.74, 6) is -1.51. The minimum absolute atomic E-state index is 0.156. The molecule has 0 amide bonds. The van der Waals surface area contributed by atoms with Gasteiger partial charge in [-0.3, -0.25) is 0 Å². The fraction of sp³-hybridized carbons (Fsp3) is 0.0833. The highest BCUT2D eigenvalue weighted by Crippen LogP contribution is 2.30. The van der Waals surface area contributed by atoms with E-state index in [1.807, 2.05) is 6.07 Å². The number of nitrogens with zero attached hydrogens (tertiary/aromatic N) is 3. The summed E-state index contributed by atoms with van der Waals surface area (Å²) in [4.78, 5) is 6.47. The highest BCUT2D eigenvalue weighted by molar-refractivity contribution is 9.10. The summed E-state index contributed by atoms with van der Waals surface area (Å²) >= 11 is 8.77. The molecule has 2 aromatic rings. The lowest BCUT2D eigenvalue weighted by Crippen LogP contribution is -2.12. The number of hydrogen-bond acceptors (Lipinski definition) is 4. The second kappa shape index (κ2) is 5.87. The molecule has 1 heterocycles. The predicted molar refractivity (Wildman–Crippen MR) is 74.2 cm³/mol. The number of hydrogen-bond donors (Lipinski definition) is 1. The number of nitrogens with one attached hydrogen (secondary N) is 1. The molecule has 0 unspecified atom stereocenters. The van der Waals surface area contributed by atoms with Gasteiger partial charge < -0.3 is 5.32 Å². The van der Waals surface area contributed by atoms with Gasteiger partial charge in [-0.15, -0.1) is 0 Å². The molecular weight excluding hydrogens is 373 g/mol. The molecule has 0 bridgehead atoms. The van der Waals surface area contributed by atoms with E-state index in [9.17, 15) is 13.2 Å². The van der Waals surface area contributed by atoms with Gasteiger partial charge in [0.15, 0.2) is 0 Å². The fourth-order valence-electron chi connectivity index (χ4n) is 1.46. The van der Waals surface area contributed by atoms with Crippen molar-refractivity contribution in [2.45, 2.75) is 6.18 Å². The minimum atomic E-state index is -4.71. The molecule has 0 aliphatic rings. The molecule has 0 spiro atoms. The van der Waals surface area contributed by atoms with Gasteiger partial charge in [0.05, 0.1) is 11.3 Å². The standard InChI is InChI=1S/C12H5BrClF3N4/c13-7-2-1-6(5-18)8(3-7)19-10-4-9(14)20-11(21-10)12(15,16)17/h1-4H,(H,19,20,21). The summed E-state index contributed by atoms with van der Waals surface area (Å²) in [6, 6.07) is 7.75. The monoisotopic (exact) mass is 376 g/mol. The largest absolute Gasteiger partial charge is 0.451 e. The smallest absolute Gasteiger partial charge is 0.339 e. The number of anilines is 2. The van der Waals surface area contributed by atoms with Crippen LogP contribution < -0.4 is 5.32 Å². The highest BCUT2D eigenvalue weighted by Gasteiger charge is 2.35. The van der Waals surface area contributed by atoms with Crippen LogP contribution in [0.4, 0.5) is 24.7 Å². The summed E-state index contributed by atoms with van der Waals surface area (Å²) in [5.41, 5.74) is 0.552. The molecule has 0 aliphatic heterocycles. The average Bonchev–Trinajstić information content (AvgIpc) is 2.37. The Bertz CT molecular complexity index is 727. The summed E-state index contributed by atoms with van der Waals surface area (Å²) in [6.07, 6.45) is -4.71. The summed E-state index contributed by atoms with van der Waals surface area (Å²) < 4.78 is 38.5. The van der Waals surface area contributed by atoms with E-state index in [1.165, 1.54) is 6.07 Å². The first kappa shape index (κ1) is 15.5. The SMILES string of the molecule is N#Cc1ccc(Br)cc1Nc1cc(Cl)nc(C(F)(F)F)n1. The molecule has 1 aromatic carbocycles. The third kappa shape index (κ3) is 3.83. The van der Waals surface area contributed by atoms with Gasteiger partial charge >= 0.3 is 6.18 Å². The van der Waals surface area contributed by atoms with Gasteiger partial charge in [-0.1, -0.05) is 27.5 Å².